The maximum Gasteiger partial charge on any atom is 0.305 e. The molecule has 3 atom stereocenters. The first-order valence-corrected chi connectivity index (χ1v) is 15.3. The van der Waals surface area contributed by atoms with Gasteiger partial charge in [-0.1, -0.05) is 43.6 Å². The summed E-state index contributed by atoms with van der Waals surface area (Å²) in [5.41, 5.74) is 2.09. The predicted octanol–water partition coefficient (Wildman–Crippen LogP) is 6.98. The first-order valence-electron chi connectivity index (χ1n) is 14.0. The van der Waals surface area contributed by atoms with Crippen LogP contribution in [0, 0.1) is 17.2 Å². The summed E-state index contributed by atoms with van der Waals surface area (Å²) < 4.78 is 15.2. The lowest BCUT2D eigenvalue weighted by atomic mass is 9.86. The number of carbonyl (C=O) groups is 1. The number of nitriles is 1. The van der Waals surface area contributed by atoms with Gasteiger partial charge in [-0.2, -0.15) is 5.26 Å². The molecule has 3 rings (SSSR count). The van der Waals surface area contributed by atoms with E-state index in [2.05, 4.69) is 24.8 Å². The first-order chi connectivity index (χ1) is 18.9. The maximum absolute atomic E-state index is 13.5. The molecule has 1 heterocycles. The predicted molar refractivity (Wildman–Crippen MR) is 157 cm³/mol. The smallest absolute Gasteiger partial charge is 0.305 e. The minimum Gasteiger partial charge on any atom is -0.481 e. The number of carboxylic acid groups (broad SMARTS) is 1. The van der Waals surface area contributed by atoms with Crippen molar-refractivity contribution in [1.82, 2.24) is 4.57 Å². The average molecular weight is 549 g/mol. The zero-order valence-corrected chi connectivity index (χ0v) is 23.5. The lowest BCUT2D eigenvalue weighted by molar-refractivity contribution is -0.137. The minimum atomic E-state index is -1.30. The molecule has 0 amide bonds. The SMILES string of the molecule is C=CCCCCCCC(C#N)CCS(=O)c1cc(-c2cn(CCC(=O)O)ccc2=O)cc(C2CC=CCC2)c1. The molecule has 6 nitrogen and oxygen atoms in total. The van der Waals surface area contributed by atoms with Crippen molar-refractivity contribution in [2.24, 2.45) is 5.92 Å². The van der Waals surface area contributed by atoms with Crippen molar-refractivity contribution in [2.75, 3.05) is 5.75 Å². The Hall–Kier alpha value is -3.24. The number of pyridine rings is 1. The highest BCUT2D eigenvalue weighted by molar-refractivity contribution is 7.85. The van der Waals surface area contributed by atoms with Gasteiger partial charge in [0.1, 0.15) is 0 Å². The van der Waals surface area contributed by atoms with Gasteiger partial charge in [-0.05, 0) is 74.1 Å². The van der Waals surface area contributed by atoms with Crippen molar-refractivity contribution < 1.29 is 14.1 Å². The number of aromatic nitrogens is 1. The van der Waals surface area contributed by atoms with Gasteiger partial charge in [-0.3, -0.25) is 13.8 Å². The number of unbranched alkanes of at least 4 members (excludes halogenated alkanes) is 4. The van der Waals surface area contributed by atoms with Gasteiger partial charge in [-0.25, -0.2) is 0 Å². The lowest BCUT2D eigenvalue weighted by Gasteiger charge is -2.20. The third kappa shape index (κ3) is 9.78. The number of benzene rings is 1. The first kappa shape index (κ1) is 30.3. The lowest BCUT2D eigenvalue weighted by Crippen LogP contribution is -2.12. The Labute approximate surface area is 234 Å². The molecule has 0 saturated carbocycles. The molecule has 0 aliphatic heterocycles. The number of hydrogen-bond donors (Lipinski definition) is 1. The van der Waals surface area contributed by atoms with Crippen LogP contribution in [0.5, 0.6) is 0 Å². The maximum atomic E-state index is 13.5. The van der Waals surface area contributed by atoms with Gasteiger partial charge in [0.05, 0.1) is 23.3 Å². The van der Waals surface area contributed by atoms with Gasteiger partial charge in [0, 0.05) is 47.1 Å². The van der Waals surface area contributed by atoms with Crippen molar-refractivity contribution >= 4 is 16.8 Å². The van der Waals surface area contributed by atoms with Gasteiger partial charge in [0.15, 0.2) is 5.43 Å². The second-order valence-corrected chi connectivity index (χ2v) is 11.9. The number of allylic oxidation sites excluding steroid dienone is 3. The fraction of sp³-hybridized carbons (Fsp3) is 0.469. The number of aliphatic carboxylic acids is 1. The molecule has 3 unspecified atom stereocenters. The zero-order valence-electron chi connectivity index (χ0n) is 22.7. The molecule has 7 heteroatoms. The van der Waals surface area contributed by atoms with Crippen LogP contribution in [-0.2, 0) is 22.1 Å². The van der Waals surface area contributed by atoms with E-state index >= 15 is 0 Å². The van der Waals surface area contributed by atoms with Gasteiger partial charge in [0.2, 0.25) is 0 Å². The molecular formula is C32H40N2O4S. The molecule has 1 aromatic heterocycles. The summed E-state index contributed by atoms with van der Waals surface area (Å²) >= 11 is 0. The van der Waals surface area contributed by atoms with E-state index < -0.39 is 16.8 Å². The third-order valence-electron chi connectivity index (χ3n) is 7.35. The van der Waals surface area contributed by atoms with Crippen molar-refractivity contribution in [3.8, 4) is 17.2 Å². The minimum absolute atomic E-state index is 0.0408. The van der Waals surface area contributed by atoms with Crippen LogP contribution in [0.4, 0.5) is 0 Å². The summed E-state index contributed by atoms with van der Waals surface area (Å²) in [6.45, 7) is 4.01. The highest BCUT2D eigenvalue weighted by atomic mass is 32.2. The summed E-state index contributed by atoms with van der Waals surface area (Å²) in [6, 6.07) is 9.72. The fourth-order valence-corrected chi connectivity index (χ4v) is 6.28. The number of rotatable bonds is 16. The quantitative estimate of drug-likeness (QED) is 0.180. The topological polar surface area (TPSA) is 100 Å². The van der Waals surface area contributed by atoms with Gasteiger partial charge < -0.3 is 9.67 Å². The molecule has 39 heavy (non-hydrogen) atoms. The van der Waals surface area contributed by atoms with E-state index in [9.17, 15) is 19.1 Å². The summed E-state index contributed by atoms with van der Waals surface area (Å²) in [5.74, 6) is -0.324. The Morgan fingerprint density at radius 3 is 2.74 bits per heavy atom. The Morgan fingerprint density at radius 1 is 1.21 bits per heavy atom. The highest BCUT2D eigenvalue weighted by Crippen LogP contribution is 2.33. The fourth-order valence-electron chi connectivity index (χ4n) is 5.02. The van der Waals surface area contributed by atoms with E-state index in [-0.39, 0.29) is 30.2 Å². The molecule has 1 aliphatic carbocycles. The third-order valence-corrected chi connectivity index (χ3v) is 8.72. The average Bonchev–Trinajstić information content (AvgIpc) is 2.96. The Kier molecular flexibility index (Phi) is 12.4. The normalized spacial score (nSPS) is 16.3. The molecular weight excluding hydrogens is 508 g/mol. The summed E-state index contributed by atoms with van der Waals surface area (Å²) in [7, 11) is -1.30. The largest absolute Gasteiger partial charge is 0.481 e. The van der Waals surface area contributed by atoms with E-state index in [0.29, 0.717) is 28.2 Å². The molecule has 208 valence electrons. The molecule has 0 radical (unpaired) electrons. The number of nitrogens with zero attached hydrogens (tertiary/aromatic N) is 2. The van der Waals surface area contributed by atoms with Crippen LogP contribution in [0.3, 0.4) is 0 Å². The van der Waals surface area contributed by atoms with Gasteiger partial charge >= 0.3 is 5.97 Å². The van der Waals surface area contributed by atoms with E-state index in [4.69, 9.17) is 5.11 Å². The van der Waals surface area contributed by atoms with Crippen LogP contribution in [0.15, 0.2) is 71.2 Å². The van der Waals surface area contributed by atoms with E-state index in [1.54, 1.807) is 17.0 Å². The van der Waals surface area contributed by atoms with Crippen LogP contribution < -0.4 is 5.43 Å². The van der Waals surface area contributed by atoms with Crippen molar-refractivity contribution in [1.29, 1.82) is 5.26 Å². The van der Waals surface area contributed by atoms with Crippen LogP contribution in [0.25, 0.3) is 11.1 Å². The monoisotopic (exact) mass is 548 g/mol. The second-order valence-electron chi connectivity index (χ2n) is 10.3. The van der Waals surface area contributed by atoms with Crippen molar-refractivity contribution in [3.63, 3.8) is 0 Å². The standard InChI is InChI=1S/C32H40N2O4S/c1-2-3-4-5-6-8-11-25(23-33)16-19-39(38)29-21-27(26-12-9-7-10-13-26)20-28(22-29)30-24-34(17-14-31(30)35)18-15-32(36)37/h2,7,9,14,17,20-22,24-26H,1,3-6,8,10-13,15-16,18-19H2,(H,36,37). The number of aryl methyl sites for hydroxylation is 1. The summed E-state index contributed by atoms with van der Waals surface area (Å²) in [6.07, 6.45) is 19.2. The molecule has 0 fully saturated rings. The summed E-state index contributed by atoms with van der Waals surface area (Å²) in [4.78, 5) is 24.6. The molecule has 0 spiro atoms. The Morgan fingerprint density at radius 2 is 2.03 bits per heavy atom. The molecule has 1 aromatic carbocycles. The van der Waals surface area contributed by atoms with Crippen molar-refractivity contribution in [2.45, 2.75) is 88.0 Å². The van der Waals surface area contributed by atoms with Gasteiger partial charge in [-0.15, -0.1) is 6.58 Å². The van der Waals surface area contributed by atoms with E-state index in [1.807, 2.05) is 24.3 Å². The molecule has 2 aromatic rings. The summed E-state index contributed by atoms with van der Waals surface area (Å²) in [5, 5.41) is 18.7. The second kappa shape index (κ2) is 16.0. The van der Waals surface area contributed by atoms with Crippen LogP contribution in [0.2, 0.25) is 0 Å². The van der Waals surface area contributed by atoms with Crippen LogP contribution in [-0.4, -0.2) is 25.6 Å². The zero-order chi connectivity index (χ0) is 28.0. The molecule has 0 saturated heterocycles. The Balaban J connectivity index is 1.79. The molecule has 1 N–H and O–H groups in total. The van der Waals surface area contributed by atoms with E-state index in [0.717, 1.165) is 63.4 Å². The van der Waals surface area contributed by atoms with Crippen LogP contribution in [0.1, 0.15) is 82.1 Å². The number of hydrogen-bond acceptors (Lipinski definition) is 4. The number of carboxylic acids is 1. The molecule has 1 aliphatic rings. The van der Waals surface area contributed by atoms with E-state index in [1.165, 1.54) is 6.07 Å². The van der Waals surface area contributed by atoms with Gasteiger partial charge in [0.25, 0.3) is 0 Å². The molecule has 0 bridgehead atoms. The van der Waals surface area contributed by atoms with Crippen LogP contribution >= 0.6 is 0 Å². The van der Waals surface area contributed by atoms with Crippen molar-refractivity contribution in [3.05, 3.63) is 77.3 Å². The Bertz CT molecular complexity index is 1270. The highest BCUT2D eigenvalue weighted by Gasteiger charge is 2.19.